The van der Waals surface area contributed by atoms with Crippen LogP contribution in [0.2, 0.25) is 0 Å². The van der Waals surface area contributed by atoms with Crippen LogP contribution in [0.15, 0.2) is 18.2 Å². The highest BCUT2D eigenvalue weighted by molar-refractivity contribution is 5.54. The van der Waals surface area contributed by atoms with Gasteiger partial charge in [-0.05, 0) is 25.8 Å². The molecule has 0 aromatic heterocycles. The number of hydrogen-bond acceptors (Lipinski definition) is 3. The fourth-order valence-corrected chi connectivity index (χ4v) is 2.82. The van der Waals surface area contributed by atoms with Gasteiger partial charge in [0, 0.05) is 36.4 Å². The molecule has 0 aliphatic heterocycles. The summed E-state index contributed by atoms with van der Waals surface area (Å²) in [4.78, 5) is 2.30. The molecule has 1 aromatic rings. The molecule has 18 heavy (non-hydrogen) atoms. The van der Waals surface area contributed by atoms with Crippen LogP contribution in [0.25, 0.3) is 0 Å². The zero-order valence-electron chi connectivity index (χ0n) is 11.4. The standard InChI is InChI=1S/C15H24N2O/c1-11(16)14-9-8-13(10-15(14)18)17(2)12-6-4-3-5-7-12/h8-12,18H,3-7,16H2,1-2H3. The number of benzene rings is 1. The lowest BCUT2D eigenvalue weighted by Crippen LogP contribution is -2.33. The Morgan fingerprint density at radius 3 is 2.50 bits per heavy atom. The van der Waals surface area contributed by atoms with Gasteiger partial charge in [-0.3, -0.25) is 0 Å². The van der Waals surface area contributed by atoms with Crippen molar-refractivity contribution in [3.63, 3.8) is 0 Å². The minimum Gasteiger partial charge on any atom is -0.508 e. The summed E-state index contributed by atoms with van der Waals surface area (Å²) in [5.41, 5.74) is 7.71. The van der Waals surface area contributed by atoms with E-state index in [-0.39, 0.29) is 6.04 Å². The van der Waals surface area contributed by atoms with E-state index in [1.54, 1.807) is 0 Å². The Morgan fingerprint density at radius 1 is 1.28 bits per heavy atom. The molecule has 0 heterocycles. The van der Waals surface area contributed by atoms with Crippen LogP contribution in [0.3, 0.4) is 0 Å². The molecule has 0 amide bonds. The van der Waals surface area contributed by atoms with E-state index in [9.17, 15) is 5.11 Å². The molecular weight excluding hydrogens is 224 g/mol. The molecule has 1 aliphatic rings. The Kier molecular flexibility index (Phi) is 4.12. The molecular formula is C15H24N2O. The lowest BCUT2D eigenvalue weighted by molar-refractivity contribution is 0.426. The maximum atomic E-state index is 10.0. The molecule has 1 aromatic carbocycles. The van der Waals surface area contributed by atoms with E-state index in [0.717, 1.165) is 11.3 Å². The molecule has 100 valence electrons. The van der Waals surface area contributed by atoms with Crippen molar-refractivity contribution in [2.24, 2.45) is 5.73 Å². The van der Waals surface area contributed by atoms with Crippen molar-refractivity contribution in [1.29, 1.82) is 0 Å². The molecule has 3 nitrogen and oxygen atoms in total. The van der Waals surface area contributed by atoms with Crippen LogP contribution in [0.5, 0.6) is 5.75 Å². The summed E-state index contributed by atoms with van der Waals surface area (Å²) < 4.78 is 0. The molecule has 0 spiro atoms. The van der Waals surface area contributed by atoms with Crippen molar-refractivity contribution in [2.45, 2.75) is 51.1 Å². The minimum absolute atomic E-state index is 0.126. The summed E-state index contributed by atoms with van der Waals surface area (Å²) >= 11 is 0. The van der Waals surface area contributed by atoms with Crippen LogP contribution < -0.4 is 10.6 Å². The van der Waals surface area contributed by atoms with Crippen molar-refractivity contribution in [1.82, 2.24) is 0 Å². The van der Waals surface area contributed by atoms with Crippen molar-refractivity contribution in [2.75, 3.05) is 11.9 Å². The Morgan fingerprint density at radius 2 is 1.94 bits per heavy atom. The second-order valence-electron chi connectivity index (χ2n) is 5.43. The van der Waals surface area contributed by atoms with Gasteiger partial charge in [0.2, 0.25) is 0 Å². The van der Waals surface area contributed by atoms with Gasteiger partial charge in [-0.25, -0.2) is 0 Å². The Balaban J connectivity index is 2.15. The number of anilines is 1. The third kappa shape index (κ3) is 2.78. The monoisotopic (exact) mass is 248 g/mol. The highest BCUT2D eigenvalue weighted by atomic mass is 16.3. The molecule has 1 saturated carbocycles. The summed E-state index contributed by atoms with van der Waals surface area (Å²) in [6.45, 7) is 1.89. The molecule has 1 unspecified atom stereocenters. The van der Waals surface area contributed by atoms with Crippen LogP contribution in [0.4, 0.5) is 5.69 Å². The summed E-state index contributed by atoms with van der Waals surface area (Å²) in [6.07, 6.45) is 6.51. The molecule has 3 N–H and O–H groups in total. The lowest BCUT2D eigenvalue weighted by atomic mass is 9.94. The van der Waals surface area contributed by atoms with E-state index >= 15 is 0 Å². The Labute approximate surface area is 110 Å². The zero-order chi connectivity index (χ0) is 13.1. The fraction of sp³-hybridized carbons (Fsp3) is 0.600. The Bertz CT molecular complexity index is 397. The van der Waals surface area contributed by atoms with E-state index in [0.29, 0.717) is 11.8 Å². The van der Waals surface area contributed by atoms with Gasteiger partial charge in [-0.1, -0.05) is 25.3 Å². The number of nitrogens with zero attached hydrogens (tertiary/aromatic N) is 1. The predicted octanol–water partition coefficient (Wildman–Crippen LogP) is 3.18. The highest BCUT2D eigenvalue weighted by Gasteiger charge is 2.19. The van der Waals surface area contributed by atoms with E-state index in [4.69, 9.17) is 5.73 Å². The number of nitrogens with two attached hydrogens (primary N) is 1. The highest BCUT2D eigenvalue weighted by Crippen LogP contribution is 2.31. The summed E-state index contributed by atoms with van der Waals surface area (Å²) in [5.74, 6) is 0.310. The van der Waals surface area contributed by atoms with Crippen molar-refractivity contribution in [3.8, 4) is 5.75 Å². The van der Waals surface area contributed by atoms with Crippen LogP contribution in [-0.2, 0) is 0 Å². The number of phenolic OH excluding ortho intramolecular Hbond substituents is 1. The molecule has 2 rings (SSSR count). The predicted molar refractivity (Wildman–Crippen MR) is 76.0 cm³/mol. The molecule has 1 atom stereocenters. The first-order valence-electron chi connectivity index (χ1n) is 6.91. The number of rotatable bonds is 3. The van der Waals surface area contributed by atoms with Crippen LogP contribution in [0.1, 0.15) is 50.6 Å². The SMILES string of the molecule is CC(N)c1ccc(N(C)C2CCCCC2)cc1O. The van der Waals surface area contributed by atoms with E-state index in [1.165, 1.54) is 32.1 Å². The zero-order valence-corrected chi connectivity index (χ0v) is 11.4. The molecule has 0 bridgehead atoms. The van der Waals surface area contributed by atoms with E-state index < -0.39 is 0 Å². The first-order chi connectivity index (χ1) is 8.59. The average Bonchev–Trinajstić information content (AvgIpc) is 2.38. The van der Waals surface area contributed by atoms with Crippen LogP contribution in [-0.4, -0.2) is 18.2 Å². The quantitative estimate of drug-likeness (QED) is 0.863. The van der Waals surface area contributed by atoms with Crippen molar-refractivity contribution < 1.29 is 5.11 Å². The van der Waals surface area contributed by atoms with Crippen LogP contribution >= 0.6 is 0 Å². The maximum absolute atomic E-state index is 10.0. The third-order valence-electron chi connectivity index (χ3n) is 4.03. The van der Waals surface area contributed by atoms with Gasteiger partial charge in [-0.15, -0.1) is 0 Å². The fourth-order valence-electron chi connectivity index (χ4n) is 2.82. The van der Waals surface area contributed by atoms with Gasteiger partial charge >= 0.3 is 0 Å². The molecule has 3 heteroatoms. The van der Waals surface area contributed by atoms with E-state index in [2.05, 4.69) is 18.0 Å². The lowest BCUT2D eigenvalue weighted by Gasteiger charge is -2.33. The topological polar surface area (TPSA) is 49.5 Å². The van der Waals surface area contributed by atoms with Gasteiger partial charge in [-0.2, -0.15) is 0 Å². The normalized spacial score (nSPS) is 18.6. The van der Waals surface area contributed by atoms with Crippen molar-refractivity contribution in [3.05, 3.63) is 23.8 Å². The second-order valence-corrected chi connectivity index (χ2v) is 5.43. The van der Waals surface area contributed by atoms with Gasteiger partial charge < -0.3 is 15.7 Å². The number of aromatic hydroxyl groups is 1. The number of phenols is 1. The average molecular weight is 248 g/mol. The van der Waals surface area contributed by atoms with Gasteiger partial charge in [0.25, 0.3) is 0 Å². The van der Waals surface area contributed by atoms with Gasteiger partial charge in [0.05, 0.1) is 0 Å². The smallest absolute Gasteiger partial charge is 0.122 e. The van der Waals surface area contributed by atoms with Gasteiger partial charge in [0.15, 0.2) is 0 Å². The molecule has 1 aliphatic carbocycles. The Hall–Kier alpha value is -1.22. The third-order valence-corrected chi connectivity index (χ3v) is 4.03. The molecule has 1 fully saturated rings. The van der Waals surface area contributed by atoms with Crippen LogP contribution in [0, 0.1) is 0 Å². The summed E-state index contributed by atoms with van der Waals surface area (Å²) in [6, 6.07) is 6.33. The van der Waals surface area contributed by atoms with E-state index in [1.807, 2.05) is 19.1 Å². The minimum atomic E-state index is -0.126. The number of hydrogen-bond donors (Lipinski definition) is 2. The largest absolute Gasteiger partial charge is 0.508 e. The maximum Gasteiger partial charge on any atom is 0.122 e. The summed E-state index contributed by atoms with van der Waals surface area (Å²) in [7, 11) is 2.12. The van der Waals surface area contributed by atoms with Crippen molar-refractivity contribution >= 4 is 5.69 Å². The molecule has 0 radical (unpaired) electrons. The first-order valence-corrected chi connectivity index (χ1v) is 6.91. The second kappa shape index (κ2) is 5.61. The first kappa shape index (κ1) is 13.2. The molecule has 0 saturated heterocycles. The van der Waals surface area contributed by atoms with Gasteiger partial charge in [0.1, 0.15) is 5.75 Å². The summed E-state index contributed by atoms with van der Waals surface area (Å²) in [5, 5.41) is 10.0.